The summed E-state index contributed by atoms with van der Waals surface area (Å²) in [6.07, 6.45) is 2.82. The van der Waals surface area contributed by atoms with E-state index in [0.717, 1.165) is 5.82 Å². The number of aromatic amines is 1. The Bertz CT molecular complexity index is 440. The molecule has 1 fully saturated rings. The molecule has 9 heteroatoms. The lowest BCUT2D eigenvalue weighted by Crippen LogP contribution is -2.50. The van der Waals surface area contributed by atoms with Crippen LogP contribution in [-0.4, -0.2) is 60.6 Å². The first-order valence-electron chi connectivity index (χ1n) is 5.98. The molecule has 2 heterocycles. The number of nitrogens with zero attached hydrogens (tertiary/aromatic N) is 3. The van der Waals surface area contributed by atoms with Gasteiger partial charge in [0.1, 0.15) is 12.2 Å². The van der Waals surface area contributed by atoms with E-state index in [1.807, 2.05) is 0 Å². The SMILES string of the molecule is O=S(=O)(NCCCc1ncn[nH]1)N1CCNCC1. The van der Waals surface area contributed by atoms with Gasteiger partial charge in [-0.2, -0.15) is 17.8 Å². The summed E-state index contributed by atoms with van der Waals surface area (Å²) in [7, 11) is -3.33. The fourth-order valence-electron chi connectivity index (χ4n) is 1.78. The number of aryl methyl sites for hydroxylation is 1. The highest BCUT2D eigenvalue weighted by Crippen LogP contribution is 2.00. The zero-order chi connectivity index (χ0) is 12.8. The molecular formula is C9H18N6O2S. The van der Waals surface area contributed by atoms with Crippen molar-refractivity contribution in [1.29, 1.82) is 0 Å². The summed E-state index contributed by atoms with van der Waals surface area (Å²) in [5.41, 5.74) is 0. The summed E-state index contributed by atoms with van der Waals surface area (Å²) in [4.78, 5) is 3.98. The number of hydrogen-bond acceptors (Lipinski definition) is 5. The quantitative estimate of drug-likeness (QED) is 0.547. The van der Waals surface area contributed by atoms with Gasteiger partial charge >= 0.3 is 0 Å². The van der Waals surface area contributed by atoms with Crippen molar-refractivity contribution in [3.8, 4) is 0 Å². The molecule has 102 valence electrons. The average molecular weight is 274 g/mol. The molecule has 1 aliphatic heterocycles. The van der Waals surface area contributed by atoms with Gasteiger partial charge in [0.2, 0.25) is 0 Å². The van der Waals surface area contributed by atoms with Gasteiger partial charge in [-0.05, 0) is 6.42 Å². The van der Waals surface area contributed by atoms with E-state index >= 15 is 0 Å². The Morgan fingerprint density at radius 2 is 2.17 bits per heavy atom. The molecule has 1 saturated heterocycles. The van der Waals surface area contributed by atoms with Gasteiger partial charge in [-0.1, -0.05) is 0 Å². The molecule has 0 spiro atoms. The van der Waals surface area contributed by atoms with Gasteiger partial charge in [0.05, 0.1) is 0 Å². The Labute approximate surface area is 106 Å². The molecule has 8 nitrogen and oxygen atoms in total. The van der Waals surface area contributed by atoms with Crippen LogP contribution in [0.15, 0.2) is 6.33 Å². The van der Waals surface area contributed by atoms with Crippen molar-refractivity contribution in [3.05, 3.63) is 12.2 Å². The Morgan fingerprint density at radius 1 is 1.39 bits per heavy atom. The highest BCUT2D eigenvalue weighted by molar-refractivity contribution is 7.87. The number of piperazine rings is 1. The Morgan fingerprint density at radius 3 is 2.83 bits per heavy atom. The van der Waals surface area contributed by atoms with Gasteiger partial charge < -0.3 is 5.32 Å². The van der Waals surface area contributed by atoms with Gasteiger partial charge in [0, 0.05) is 39.1 Å². The first kappa shape index (κ1) is 13.4. The van der Waals surface area contributed by atoms with E-state index in [9.17, 15) is 8.42 Å². The van der Waals surface area contributed by atoms with Gasteiger partial charge in [-0.25, -0.2) is 9.71 Å². The van der Waals surface area contributed by atoms with E-state index in [-0.39, 0.29) is 0 Å². The molecule has 0 aliphatic carbocycles. The molecule has 1 aliphatic rings. The van der Waals surface area contributed by atoms with Crippen LogP contribution in [0.3, 0.4) is 0 Å². The zero-order valence-electron chi connectivity index (χ0n) is 10.1. The molecule has 0 saturated carbocycles. The maximum atomic E-state index is 11.9. The molecule has 3 N–H and O–H groups in total. The third-order valence-corrected chi connectivity index (χ3v) is 4.37. The second kappa shape index (κ2) is 6.23. The summed E-state index contributed by atoms with van der Waals surface area (Å²) in [6, 6.07) is 0. The van der Waals surface area contributed by atoms with Crippen LogP contribution in [0.25, 0.3) is 0 Å². The maximum Gasteiger partial charge on any atom is 0.279 e. The second-order valence-corrected chi connectivity index (χ2v) is 5.84. The molecule has 2 rings (SSSR count). The second-order valence-electron chi connectivity index (χ2n) is 4.08. The van der Waals surface area contributed by atoms with E-state index in [1.54, 1.807) is 0 Å². The lowest BCUT2D eigenvalue weighted by atomic mass is 10.3. The van der Waals surface area contributed by atoms with Crippen molar-refractivity contribution in [2.45, 2.75) is 12.8 Å². The molecule has 0 aromatic carbocycles. The first-order chi connectivity index (χ1) is 8.68. The average Bonchev–Trinajstić information content (AvgIpc) is 2.89. The molecule has 1 aromatic rings. The van der Waals surface area contributed by atoms with Gasteiger partial charge in [-0.15, -0.1) is 0 Å². The predicted octanol–water partition coefficient (Wildman–Crippen LogP) is -1.52. The molecule has 0 unspecified atom stereocenters. The van der Waals surface area contributed by atoms with Crippen LogP contribution in [0.4, 0.5) is 0 Å². The minimum atomic E-state index is -3.33. The molecule has 0 atom stereocenters. The Hall–Kier alpha value is -1.03. The molecule has 0 bridgehead atoms. The topological polar surface area (TPSA) is 103 Å². The zero-order valence-corrected chi connectivity index (χ0v) is 10.9. The minimum absolute atomic E-state index is 0.410. The first-order valence-corrected chi connectivity index (χ1v) is 7.42. The van der Waals surface area contributed by atoms with Crippen molar-refractivity contribution < 1.29 is 8.42 Å². The van der Waals surface area contributed by atoms with Crippen molar-refractivity contribution >= 4 is 10.2 Å². The molecular weight excluding hydrogens is 256 g/mol. The van der Waals surface area contributed by atoms with Crippen LogP contribution in [0.5, 0.6) is 0 Å². The van der Waals surface area contributed by atoms with Gasteiger partial charge in [0.15, 0.2) is 0 Å². The van der Waals surface area contributed by atoms with Gasteiger partial charge in [0.25, 0.3) is 10.2 Å². The summed E-state index contributed by atoms with van der Waals surface area (Å²) >= 11 is 0. The summed E-state index contributed by atoms with van der Waals surface area (Å²) in [5, 5.41) is 9.59. The van der Waals surface area contributed by atoms with Gasteiger partial charge in [-0.3, -0.25) is 5.10 Å². The number of rotatable bonds is 6. The smallest absolute Gasteiger partial charge is 0.279 e. The summed E-state index contributed by atoms with van der Waals surface area (Å²) in [6.45, 7) is 2.87. The minimum Gasteiger partial charge on any atom is -0.314 e. The van der Waals surface area contributed by atoms with Crippen LogP contribution in [0.2, 0.25) is 0 Å². The van der Waals surface area contributed by atoms with Crippen LogP contribution in [0.1, 0.15) is 12.2 Å². The lowest BCUT2D eigenvalue weighted by Gasteiger charge is -2.26. The Balaban J connectivity index is 1.71. The van der Waals surface area contributed by atoms with Crippen LogP contribution in [0, 0.1) is 0 Å². The molecule has 1 aromatic heterocycles. The maximum absolute atomic E-state index is 11.9. The van der Waals surface area contributed by atoms with Crippen LogP contribution >= 0.6 is 0 Å². The number of nitrogens with one attached hydrogen (secondary N) is 3. The van der Waals surface area contributed by atoms with E-state index in [0.29, 0.717) is 45.6 Å². The summed E-state index contributed by atoms with van der Waals surface area (Å²) in [5.74, 6) is 0.774. The fraction of sp³-hybridized carbons (Fsp3) is 0.778. The standard InChI is InChI=1S/C9H18N6O2S/c16-18(17,15-6-4-10-5-7-15)13-3-1-2-9-11-8-12-14-9/h8,10,13H,1-7H2,(H,11,12,14). The molecule has 18 heavy (non-hydrogen) atoms. The number of H-pyrrole nitrogens is 1. The van der Waals surface area contributed by atoms with Crippen molar-refractivity contribution in [2.24, 2.45) is 0 Å². The Kier molecular flexibility index (Phi) is 4.64. The fourth-order valence-corrected chi connectivity index (χ4v) is 3.03. The molecule has 0 radical (unpaired) electrons. The number of aromatic nitrogens is 3. The van der Waals surface area contributed by atoms with E-state index in [4.69, 9.17) is 0 Å². The summed E-state index contributed by atoms with van der Waals surface area (Å²) < 4.78 is 27.9. The van der Waals surface area contributed by atoms with E-state index in [2.05, 4.69) is 25.2 Å². The normalized spacial score (nSPS) is 18.0. The predicted molar refractivity (Wildman–Crippen MR) is 66.1 cm³/mol. The monoisotopic (exact) mass is 274 g/mol. The number of hydrogen-bond donors (Lipinski definition) is 3. The van der Waals surface area contributed by atoms with E-state index in [1.165, 1.54) is 10.6 Å². The van der Waals surface area contributed by atoms with Crippen LogP contribution < -0.4 is 10.0 Å². The lowest BCUT2D eigenvalue weighted by molar-refractivity contribution is 0.354. The third kappa shape index (κ3) is 3.73. The van der Waals surface area contributed by atoms with Crippen molar-refractivity contribution in [1.82, 2.24) is 29.5 Å². The van der Waals surface area contributed by atoms with Crippen molar-refractivity contribution in [3.63, 3.8) is 0 Å². The highest BCUT2D eigenvalue weighted by atomic mass is 32.2. The van der Waals surface area contributed by atoms with E-state index < -0.39 is 10.2 Å². The largest absolute Gasteiger partial charge is 0.314 e. The highest BCUT2D eigenvalue weighted by Gasteiger charge is 2.22. The third-order valence-electron chi connectivity index (χ3n) is 2.76. The molecule has 0 amide bonds. The van der Waals surface area contributed by atoms with Crippen molar-refractivity contribution in [2.75, 3.05) is 32.7 Å². The van der Waals surface area contributed by atoms with Crippen LogP contribution in [-0.2, 0) is 16.6 Å².